The summed E-state index contributed by atoms with van der Waals surface area (Å²) in [6.07, 6.45) is 2.48. The molecule has 2 amide bonds. The van der Waals surface area contributed by atoms with E-state index in [0.717, 1.165) is 12.1 Å². The Morgan fingerprint density at radius 1 is 1.00 bits per heavy atom. The average Bonchev–Trinajstić information content (AvgIpc) is 3.27. The van der Waals surface area contributed by atoms with Crippen molar-refractivity contribution in [2.24, 2.45) is 0 Å². The molecule has 0 saturated heterocycles. The number of ether oxygens (including phenoxy) is 2. The molecule has 0 unspecified atom stereocenters. The number of rotatable bonds is 9. The summed E-state index contributed by atoms with van der Waals surface area (Å²) in [4.78, 5) is 24.8. The van der Waals surface area contributed by atoms with Crippen LogP contribution in [0.1, 0.15) is 23.7 Å². The van der Waals surface area contributed by atoms with Crippen LogP contribution in [0.4, 0.5) is 0 Å². The molecule has 162 valence electrons. The Labute approximate surface area is 181 Å². The van der Waals surface area contributed by atoms with Crippen LogP contribution in [-0.4, -0.2) is 48.9 Å². The first kappa shape index (κ1) is 21.9. The number of amides is 2. The summed E-state index contributed by atoms with van der Waals surface area (Å²) in [5, 5.41) is 10.1. The van der Waals surface area contributed by atoms with Crippen LogP contribution < -0.4 is 20.1 Å². The van der Waals surface area contributed by atoms with E-state index in [1.165, 1.54) is 0 Å². The second-order valence-electron chi connectivity index (χ2n) is 6.77. The molecular weight excluding hydrogens is 396 g/mol. The molecule has 3 rings (SSSR count). The number of hydrogen-bond donors (Lipinski definition) is 2. The maximum atomic E-state index is 12.9. The first-order chi connectivity index (χ1) is 15.1. The lowest BCUT2D eigenvalue weighted by atomic mass is 10.1. The van der Waals surface area contributed by atoms with Crippen molar-refractivity contribution >= 4 is 11.8 Å². The third-order valence-corrected chi connectivity index (χ3v) is 4.62. The van der Waals surface area contributed by atoms with Gasteiger partial charge in [-0.25, -0.2) is 4.68 Å². The smallest absolute Gasteiger partial charge is 0.255 e. The number of carbonyl (C=O) groups excluding carboxylic acids is 2. The Balaban J connectivity index is 1.96. The van der Waals surface area contributed by atoms with Crippen molar-refractivity contribution in [2.75, 3.05) is 27.3 Å². The van der Waals surface area contributed by atoms with Crippen molar-refractivity contribution in [2.45, 2.75) is 13.3 Å². The third-order valence-electron chi connectivity index (χ3n) is 4.62. The predicted octanol–water partition coefficient (Wildman–Crippen LogP) is 2.81. The number of benzene rings is 2. The Hall–Kier alpha value is -3.81. The van der Waals surface area contributed by atoms with Crippen LogP contribution in [0.15, 0.2) is 54.7 Å². The molecule has 1 aromatic heterocycles. The Morgan fingerprint density at radius 3 is 2.42 bits per heavy atom. The molecule has 0 atom stereocenters. The van der Waals surface area contributed by atoms with Crippen LogP contribution in [0, 0.1) is 0 Å². The van der Waals surface area contributed by atoms with Gasteiger partial charge in [-0.2, -0.15) is 5.10 Å². The molecule has 0 spiro atoms. The van der Waals surface area contributed by atoms with E-state index in [2.05, 4.69) is 15.7 Å². The van der Waals surface area contributed by atoms with Crippen molar-refractivity contribution in [3.05, 3.63) is 60.3 Å². The van der Waals surface area contributed by atoms with E-state index in [1.807, 2.05) is 43.3 Å². The van der Waals surface area contributed by atoms with Crippen molar-refractivity contribution < 1.29 is 19.1 Å². The van der Waals surface area contributed by atoms with Gasteiger partial charge in [-0.3, -0.25) is 9.59 Å². The maximum absolute atomic E-state index is 12.9. The maximum Gasteiger partial charge on any atom is 0.255 e. The van der Waals surface area contributed by atoms with Gasteiger partial charge >= 0.3 is 0 Å². The Morgan fingerprint density at radius 2 is 1.74 bits per heavy atom. The molecule has 1 heterocycles. The lowest BCUT2D eigenvalue weighted by Gasteiger charge is -2.10. The highest BCUT2D eigenvalue weighted by Crippen LogP contribution is 2.33. The van der Waals surface area contributed by atoms with Gasteiger partial charge in [-0.1, -0.05) is 25.1 Å². The molecule has 2 aromatic carbocycles. The minimum atomic E-state index is -0.390. The van der Waals surface area contributed by atoms with Crippen LogP contribution in [0.3, 0.4) is 0 Å². The fourth-order valence-electron chi connectivity index (χ4n) is 3.03. The molecule has 0 radical (unpaired) electrons. The first-order valence-electron chi connectivity index (χ1n) is 9.99. The number of hydrogen-bond acceptors (Lipinski definition) is 5. The predicted molar refractivity (Wildman–Crippen MR) is 118 cm³/mol. The SMILES string of the molecule is CCCNC(=O)CNC(=O)c1cn(-c2ccccc2)nc1-c1ccc(OC)c(OC)c1. The molecular formula is C23H26N4O4. The number of nitrogens with one attached hydrogen (secondary N) is 2. The third kappa shape index (κ3) is 5.22. The van der Waals surface area contributed by atoms with E-state index < -0.39 is 5.91 Å². The fraction of sp³-hybridized carbons (Fsp3) is 0.261. The minimum absolute atomic E-state index is 0.110. The molecule has 0 fully saturated rings. The fourth-order valence-corrected chi connectivity index (χ4v) is 3.03. The van der Waals surface area contributed by atoms with E-state index in [0.29, 0.717) is 34.9 Å². The topological polar surface area (TPSA) is 94.5 Å². The molecule has 0 saturated carbocycles. The van der Waals surface area contributed by atoms with Crippen LogP contribution in [0.25, 0.3) is 16.9 Å². The van der Waals surface area contributed by atoms with E-state index in [9.17, 15) is 9.59 Å². The zero-order chi connectivity index (χ0) is 22.2. The van der Waals surface area contributed by atoms with Crippen LogP contribution in [0.5, 0.6) is 11.5 Å². The van der Waals surface area contributed by atoms with Crippen LogP contribution in [0.2, 0.25) is 0 Å². The van der Waals surface area contributed by atoms with E-state index in [1.54, 1.807) is 37.2 Å². The summed E-state index contributed by atoms with van der Waals surface area (Å²) in [6.45, 7) is 2.42. The quantitative estimate of drug-likeness (QED) is 0.553. The summed E-state index contributed by atoms with van der Waals surface area (Å²) in [6, 6.07) is 14.8. The van der Waals surface area contributed by atoms with Gasteiger partial charge in [0.05, 0.1) is 32.0 Å². The zero-order valence-electron chi connectivity index (χ0n) is 17.8. The number of carbonyl (C=O) groups is 2. The van der Waals surface area contributed by atoms with Gasteiger partial charge < -0.3 is 20.1 Å². The van der Waals surface area contributed by atoms with Gasteiger partial charge in [0.2, 0.25) is 5.91 Å². The van der Waals surface area contributed by atoms with Crippen molar-refractivity contribution in [3.63, 3.8) is 0 Å². The molecule has 8 nitrogen and oxygen atoms in total. The highest BCUT2D eigenvalue weighted by Gasteiger charge is 2.20. The number of nitrogens with zero attached hydrogens (tertiary/aromatic N) is 2. The molecule has 0 aliphatic rings. The summed E-state index contributed by atoms with van der Waals surface area (Å²) in [5.41, 5.74) is 2.31. The lowest BCUT2D eigenvalue weighted by Crippen LogP contribution is -2.37. The highest BCUT2D eigenvalue weighted by atomic mass is 16.5. The molecule has 0 aliphatic heterocycles. The molecule has 3 aromatic rings. The summed E-state index contributed by atoms with van der Waals surface area (Å²) in [7, 11) is 3.11. The van der Waals surface area contributed by atoms with E-state index >= 15 is 0 Å². The molecule has 8 heteroatoms. The second-order valence-corrected chi connectivity index (χ2v) is 6.77. The lowest BCUT2D eigenvalue weighted by molar-refractivity contribution is -0.120. The molecule has 0 bridgehead atoms. The van der Waals surface area contributed by atoms with E-state index in [-0.39, 0.29) is 12.5 Å². The standard InChI is InChI=1S/C23H26N4O4/c1-4-12-24-21(28)14-25-23(29)18-15-27(17-8-6-5-7-9-17)26-22(18)16-10-11-19(30-2)20(13-16)31-3/h5-11,13,15H,4,12,14H2,1-3H3,(H,24,28)(H,25,29). The minimum Gasteiger partial charge on any atom is -0.493 e. The van der Waals surface area contributed by atoms with Gasteiger partial charge in [0.15, 0.2) is 11.5 Å². The number of aromatic nitrogens is 2. The average molecular weight is 422 g/mol. The largest absolute Gasteiger partial charge is 0.493 e. The second kappa shape index (κ2) is 10.3. The molecule has 31 heavy (non-hydrogen) atoms. The first-order valence-corrected chi connectivity index (χ1v) is 9.99. The van der Waals surface area contributed by atoms with Gasteiger partial charge in [0, 0.05) is 18.3 Å². The number of para-hydroxylation sites is 1. The van der Waals surface area contributed by atoms with Gasteiger partial charge in [-0.05, 0) is 36.8 Å². The summed E-state index contributed by atoms with van der Waals surface area (Å²) < 4.78 is 12.3. The Bertz CT molecular complexity index is 1050. The zero-order valence-corrected chi connectivity index (χ0v) is 17.8. The molecule has 0 aliphatic carbocycles. The Kier molecular flexibility index (Phi) is 7.26. The van der Waals surface area contributed by atoms with E-state index in [4.69, 9.17) is 9.47 Å². The van der Waals surface area contributed by atoms with Gasteiger partial charge in [0.25, 0.3) is 5.91 Å². The normalized spacial score (nSPS) is 10.4. The van der Waals surface area contributed by atoms with Crippen molar-refractivity contribution in [3.8, 4) is 28.4 Å². The number of methoxy groups -OCH3 is 2. The summed E-state index contributed by atoms with van der Waals surface area (Å²) in [5.74, 6) is 0.476. The summed E-state index contributed by atoms with van der Waals surface area (Å²) >= 11 is 0. The highest BCUT2D eigenvalue weighted by molar-refractivity contribution is 6.01. The van der Waals surface area contributed by atoms with Crippen molar-refractivity contribution in [1.29, 1.82) is 0 Å². The molecule has 2 N–H and O–H groups in total. The monoisotopic (exact) mass is 422 g/mol. The van der Waals surface area contributed by atoms with Gasteiger partial charge in [0.1, 0.15) is 5.69 Å². The van der Waals surface area contributed by atoms with Crippen LogP contribution >= 0.6 is 0 Å². The van der Waals surface area contributed by atoms with Gasteiger partial charge in [-0.15, -0.1) is 0 Å². The van der Waals surface area contributed by atoms with Crippen molar-refractivity contribution in [1.82, 2.24) is 20.4 Å². The van der Waals surface area contributed by atoms with Crippen LogP contribution in [-0.2, 0) is 4.79 Å².